The second-order valence-corrected chi connectivity index (χ2v) is 4.65. The van der Waals surface area contributed by atoms with Gasteiger partial charge in [0, 0.05) is 18.2 Å². The van der Waals surface area contributed by atoms with Crippen molar-refractivity contribution in [3.8, 4) is 17.2 Å². The van der Waals surface area contributed by atoms with Crippen LogP contribution in [0.1, 0.15) is 38.7 Å². The Kier molecular flexibility index (Phi) is 5.33. The van der Waals surface area contributed by atoms with Crippen molar-refractivity contribution in [1.82, 2.24) is 5.32 Å². The van der Waals surface area contributed by atoms with Crippen molar-refractivity contribution in [1.29, 1.82) is 0 Å². The molecule has 0 atom stereocenters. The lowest BCUT2D eigenvalue weighted by atomic mass is 10.1. The van der Waals surface area contributed by atoms with Crippen molar-refractivity contribution in [2.24, 2.45) is 0 Å². The van der Waals surface area contributed by atoms with E-state index in [1.54, 1.807) is 0 Å². The van der Waals surface area contributed by atoms with Gasteiger partial charge < -0.3 is 19.5 Å². The fourth-order valence-electron chi connectivity index (χ4n) is 2.03. The Morgan fingerprint density at radius 2 is 1.95 bits per heavy atom. The van der Waals surface area contributed by atoms with Crippen LogP contribution in [0.2, 0.25) is 0 Å². The van der Waals surface area contributed by atoms with Crippen LogP contribution in [-0.2, 0) is 6.54 Å². The third-order valence-electron chi connectivity index (χ3n) is 3.13. The Morgan fingerprint density at radius 3 is 2.68 bits per heavy atom. The molecule has 1 N–H and O–H groups in total. The summed E-state index contributed by atoms with van der Waals surface area (Å²) in [5, 5.41) is 3.32. The lowest BCUT2D eigenvalue weighted by Crippen LogP contribution is -2.13. The summed E-state index contributed by atoms with van der Waals surface area (Å²) in [6.45, 7) is 7.06. The van der Waals surface area contributed by atoms with Gasteiger partial charge >= 0.3 is 0 Å². The number of hydrogen-bond acceptors (Lipinski definition) is 4. The first-order valence-electron chi connectivity index (χ1n) is 7.11. The average molecular weight is 265 g/mol. The van der Waals surface area contributed by atoms with Crippen molar-refractivity contribution in [3.05, 3.63) is 17.7 Å². The molecule has 1 aliphatic rings. The minimum atomic E-state index is 0.301. The summed E-state index contributed by atoms with van der Waals surface area (Å²) in [5.41, 5.74) is 1.13. The van der Waals surface area contributed by atoms with Gasteiger partial charge in [-0.15, -0.1) is 0 Å². The topological polar surface area (TPSA) is 39.7 Å². The first kappa shape index (κ1) is 14.0. The van der Waals surface area contributed by atoms with Gasteiger partial charge in [0.15, 0.2) is 11.5 Å². The van der Waals surface area contributed by atoms with Crippen LogP contribution in [-0.4, -0.2) is 19.9 Å². The molecule has 1 heterocycles. The Morgan fingerprint density at radius 1 is 1.16 bits per heavy atom. The van der Waals surface area contributed by atoms with E-state index in [2.05, 4.69) is 19.2 Å². The highest BCUT2D eigenvalue weighted by molar-refractivity contribution is 5.51. The molecule has 0 aliphatic carbocycles. The summed E-state index contributed by atoms with van der Waals surface area (Å²) in [5.74, 6) is 2.50. The zero-order chi connectivity index (χ0) is 13.5. The highest BCUT2D eigenvalue weighted by Gasteiger charge is 2.17. The van der Waals surface area contributed by atoms with Crippen molar-refractivity contribution in [2.75, 3.05) is 19.9 Å². The highest BCUT2D eigenvalue weighted by atomic mass is 16.7. The Labute approximate surface area is 115 Å². The zero-order valence-corrected chi connectivity index (χ0v) is 11.8. The Bertz CT molecular complexity index is 407. The van der Waals surface area contributed by atoms with Crippen molar-refractivity contribution in [3.63, 3.8) is 0 Å². The molecule has 1 aliphatic heterocycles. The van der Waals surface area contributed by atoms with Crippen LogP contribution in [0.4, 0.5) is 0 Å². The maximum absolute atomic E-state index is 5.89. The summed E-state index contributed by atoms with van der Waals surface area (Å²) in [4.78, 5) is 0. The first-order chi connectivity index (χ1) is 9.35. The summed E-state index contributed by atoms with van der Waals surface area (Å²) in [6, 6.07) is 3.96. The SMILES string of the molecule is CCCCCOc1cc2c(cc1CNCC)OCO2. The van der Waals surface area contributed by atoms with Crippen LogP contribution in [0.15, 0.2) is 12.1 Å². The maximum Gasteiger partial charge on any atom is 0.231 e. The van der Waals surface area contributed by atoms with E-state index < -0.39 is 0 Å². The van der Waals surface area contributed by atoms with Gasteiger partial charge in [0.05, 0.1) is 6.61 Å². The molecule has 0 amide bonds. The molecule has 0 saturated heterocycles. The Balaban J connectivity index is 2.05. The highest BCUT2D eigenvalue weighted by Crippen LogP contribution is 2.38. The largest absolute Gasteiger partial charge is 0.493 e. The van der Waals surface area contributed by atoms with Crippen LogP contribution in [0.3, 0.4) is 0 Å². The van der Waals surface area contributed by atoms with E-state index in [4.69, 9.17) is 14.2 Å². The fourth-order valence-corrected chi connectivity index (χ4v) is 2.03. The molecule has 1 aromatic rings. The third-order valence-corrected chi connectivity index (χ3v) is 3.13. The molecular weight excluding hydrogens is 242 g/mol. The van der Waals surface area contributed by atoms with Crippen LogP contribution < -0.4 is 19.5 Å². The maximum atomic E-state index is 5.89. The van der Waals surface area contributed by atoms with Crippen LogP contribution in [0.5, 0.6) is 17.2 Å². The van der Waals surface area contributed by atoms with E-state index in [0.717, 1.165) is 48.9 Å². The molecule has 1 aromatic carbocycles. The predicted octanol–water partition coefficient (Wildman–Crippen LogP) is 3.09. The fraction of sp³-hybridized carbons (Fsp3) is 0.600. The van der Waals surface area contributed by atoms with Gasteiger partial charge in [0.1, 0.15) is 5.75 Å². The minimum absolute atomic E-state index is 0.301. The number of hydrogen-bond donors (Lipinski definition) is 1. The van der Waals surface area contributed by atoms with Crippen LogP contribution in [0, 0.1) is 0 Å². The van der Waals surface area contributed by atoms with E-state index in [1.165, 1.54) is 12.8 Å². The van der Waals surface area contributed by atoms with Crippen LogP contribution >= 0.6 is 0 Å². The molecule has 19 heavy (non-hydrogen) atoms. The molecule has 0 fully saturated rings. The number of fused-ring (bicyclic) bond motifs is 1. The smallest absolute Gasteiger partial charge is 0.231 e. The normalized spacial score (nSPS) is 12.7. The summed E-state index contributed by atoms with van der Waals surface area (Å²) < 4.78 is 16.7. The van der Waals surface area contributed by atoms with E-state index >= 15 is 0 Å². The van der Waals surface area contributed by atoms with E-state index in [0.29, 0.717) is 6.79 Å². The number of rotatable bonds is 8. The van der Waals surface area contributed by atoms with Crippen molar-refractivity contribution >= 4 is 0 Å². The molecule has 0 radical (unpaired) electrons. The first-order valence-corrected chi connectivity index (χ1v) is 7.11. The summed E-state index contributed by atoms with van der Waals surface area (Å²) in [7, 11) is 0. The summed E-state index contributed by atoms with van der Waals surface area (Å²) in [6.07, 6.45) is 3.49. The molecular formula is C15H23NO3. The van der Waals surface area contributed by atoms with Crippen molar-refractivity contribution in [2.45, 2.75) is 39.7 Å². The molecule has 0 aromatic heterocycles. The number of unbranched alkanes of at least 4 members (excludes halogenated alkanes) is 2. The number of nitrogens with one attached hydrogen (secondary N) is 1. The van der Waals surface area contributed by atoms with Gasteiger partial charge in [0.25, 0.3) is 0 Å². The van der Waals surface area contributed by atoms with E-state index in [-0.39, 0.29) is 0 Å². The van der Waals surface area contributed by atoms with Gasteiger partial charge in [-0.2, -0.15) is 0 Å². The second-order valence-electron chi connectivity index (χ2n) is 4.65. The molecule has 106 valence electrons. The minimum Gasteiger partial charge on any atom is -0.493 e. The molecule has 0 spiro atoms. The average Bonchev–Trinajstić information content (AvgIpc) is 2.88. The number of ether oxygens (including phenoxy) is 3. The van der Waals surface area contributed by atoms with Gasteiger partial charge in [0.2, 0.25) is 6.79 Å². The molecule has 2 rings (SSSR count). The molecule has 0 unspecified atom stereocenters. The van der Waals surface area contributed by atoms with Gasteiger partial charge in [-0.3, -0.25) is 0 Å². The van der Waals surface area contributed by atoms with Crippen LogP contribution in [0.25, 0.3) is 0 Å². The zero-order valence-electron chi connectivity index (χ0n) is 11.8. The third kappa shape index (κ3) is 3.77. The monoisotopic (exact) mass is 265 g/mol. The quantitative estimate of drug-likeness (QED) is 0.733. The Hall–Kier alpha value is -1.42. The second kappa shape index (κ2) is 7.24. The van der Waals surface area contributed by atoms with Crippen molar-refractivity contribution < 1.29 is 14.2 Å². The summed E-state index contributed by atoms with van der Waals surface area (Å²) >= 11 is 0. The molecule has 4 heteroatoms. The predicted molar refractivity (Wildman–Crippen MR) is 75.0 cm³/mol. The van der Waals surface area contributed by atoms with Gasteiger partial charge in [-0.05, 0) is 19.0 Å². The molecule has 0 saturated carbocycles. The van der Waals surface area contributed by atoms with E-state index in [1.807, 2.05) is 12.1 Å². The number of benzene rings is 1. The molecule has 4 nitrogen and oxygen atoms in total. The van der Waals surface area contributed by atoms with Gasteiger partial charge in [-0.1, -0.05) is 26.7 Å². The van der Waals surface area contributed by atoms with E-state index in [9.17, 15) is 0 Å². The lowest BCUT2D eigenvalue weighted by molar-refractivity contribution is 0.173. The lowest BCUT2D eigenvalue weighted by Gasteiger charge is -2.13. The molecule has 0 bridgehead atoms. The van der Waals surface area contributed by atoms with Gasteiger partial charge in [-0.25, -0.2) is 0 Å². The standard InChI is InChI=1S/C15H23NO3/c1-3-5-6-7-17-13-9-15-14(18-11-19-15)8-12(13)10-16-4-2/h8-9,16H,3-7,10-11H2,1-2H3.